The summed E-state index contributed by atoms with van der Waals surface area (Å²) in [6.07, 6.45) is 4.26. The van der Waals surface area contributed by atoms with Gasteiger partial charge in [-0.1, -0.05) is 6.08 Å². The van der Waals surface area contributed by atoms with Gasteiger partial charge < -0.3 is 10.1 Å². The second-order valence-corrected chi connectivity index (χ2v) is 6.70. The van der Waals surface area contributed by atoms with Gasteiger partial charge in [0.25, 0.3) is 0 Å². The molecule has 0 saturated carbocycles. The van der Waals surface area contributed by atoms with Gasteiger partial charge in [0.15, 0.2) is 5.65 Å². The Hall–Kier alpha value is -3.13. The van der Waals surface area contributed by atoms with Crippen LogP contribution in [-0.2, 0) is 6.42 Å². The molecule has 3 aromatic rings. The van der Waals surface area contributed by atoms with E-state index in [0.29, 0.717) is 22.7 Å². The fraction of sp³-hybridized carbons (Fsp3) is 0.158. The van der Waals surface area contributed by atoms with Crippen LogP contribution in [0.1, 0.15) is 5.56 Å². The molecule has 0 spiro atoms. The van der Waals surface area contributed by atoms with E-state index in [1.54, 1.807) is 18.3 Å². The molecule has 136 valence electrons. The second kappa shape index (κ2) is 7.63. The molecule has 2 N–H and O–H groups in total. The van der Waals surface area contributed by atoms with Crippen LogP contribution >= 0.6 is 11.9 Å². The molecule has 7 nitrogen and oxygen atoms in total. The molecule has 0 unspecified atom stereocenters. The summed E-state index contributed by atoms with van der Waals surface area (Å²) in [6.45, 7) is 4.67. The average molecular weight is 379 g/mol. The molecule has 0 aliphatic carbocycles. The maximum atomic E-state index is 11.6. The van der Waals surface area contributed by atoms with Gasteiger partial charge in [0, 0.05) is 30.5 Å². The standard InChI is InChI=1S/C19H17N5O2S/c1-2-8-20-19(25)24-27-17-6-4-14-18(23-17)22-15(11-21-14)12-3-5-16-13(10-12)7-9-26-16/h2-6,10-11H,1,7-9H2,(H2,20,24,25). The van der Waals surface area contributed by atoms with Crippen LogP contribution in [0.2, 0.25) is 0 Å². The van der Waals surface area contributed by atoms with Gasteiger partial charge in [-0.25, -0.2) is 14.8 Å². The summed E-state index contributed by atoms with van der Waals surface area (Å²) in [5.74, 6) is 0.935. The highest BCUT2D eigenvalue weighted by Crippen LogP contribution is 2.30. The summed E-state index contributed by atoms with van der Waals surface area (Å²) in [7, 11) is 0. The first-order valence-electron chi connectivity index (χ1n) is 8.44. The zero-order valence-electron chi connectivity index (χ0n) is 14.4. The lowest BCUT2D eigenvalue weighted by molar-refractivity contribution is 0.247. The highest BCUT2D eigenvalue weighted by atomic mass is 32.2. The molecule has 1 aliphatic rings. The van der Waals surface area contributed by atoms with Crippen molar-refractivity contribution >= 4 is 29.1 Å². The van der Waals surface area contributed by atoms with Crippen LogP contribution in [-0.4, -0.2) is 34.1 Å². The number of aromatic nitrogens is 3. The number of carbonyl (C=O) groups excluding carboxylic acids is 1. The molecule has 1 aromatic carbocycles. The van der Waals surface area contributed by atoms with E-state index < -0.39 is 0 Å². The largest absolute Gasteiger partial charge is 0.493 e. The summed E-state index contributed by atoms with van der Waals surface area (Å²) in [5.41, 5.74) is 4.15. The van der Waals surface area contributed by atoms with E-state index in [0.717, 1.165) is 42.0 Å². The normalized spacial score (nSPS) is 12.3. The van der Waals surface area contributed by atoms with Gasteiger partial charge in [-0.2, -0.15) is 0 Å². The molecule has 2 amide bonds. The summed E-state index contributed by atoms with van der Waals surface area (Å²) in [5, 5.41) is 3.27. The van der Waals surface area contributed by atoms with Crippen LogP contribution in [0, 0.1) is 0 Å². The number of nitrogens with one attached hydrogen (secondary N) is 2. The zero-order valence-corrected chi connectivity index (χ0v) is 15.3. The molecule has 2 aromatic heterocycles. The lowest BCUT2D eigenvalue weighted by Gasteiger charge is -2.07. The lowest BCUT2D eigenvalue weighted by atomic mass is 10.1. The van der Waals surface area contributed by atoms with Gasteiger partial charge in [0.1, 0.15) is 16.3 Å². The maximum absolute atomic E-state index is 11.6. The summed E-state index contributed by atoms with van der Waals surface area (Å²) >= 11 is 1.12. The van der Waals surface area contributed by atoms with Crippen LogP contribution in [0.15, 0.2) is 54.2 Å². The van der Waals surface area contributed by atoms with Crippen LogP contribution < -0.4 is 14.8 Å². The van der Waals surface area contributed by atoms with Crippen molar-refractivity contribution in [3.05, 3.63) is 54.7 Å². The third-order valence-electron chi connectivity index (χ3n) is 4.02. The van der Waals surface area contributed by atoms with Crippen LogP contribution in [0.25, 0.3) is 22.4 Å². The minimum absolute atomic E-state index is 0.304. The average Bonchev–Trinajstić information content (AvgIpc) is 3.18. The minimum Gasteiger partial charge on any atom is -0.493 e. The topological polar surface area (TPSA) is 89.0 Å². The van der Waals surface area contributed by atoms with E-state index in [4.69, 9.17) is 4.74 Å². The van der Waals surface area contributed by atoms with Crippen molar-refractivity contribution in [3.8, 4) is 17.0 Å². The van der Waals surface area contributed by atoms with Gasteiger partial charge in [0.2, 0.25) is 0 Å². The molecule has 27 heavy (non-hydrogen) atoms. The Labute approximate surface area is 160 Å². The van der Waals surface area contributed by atoms with Crippen molar-refractivity contribution in [2.45, 2.75) is 11.4 Å². The molecule has 4 rings (SSSR count). The minimum atomic E-state index is -0.304. The van der Waals surface area contributed by atoms with Crippen molar-refractivity contribution in [2.75, 3.05) is 13.2 Å². The van der Waals surface area contributed by atoms with E-state index >= 15 is 0 Å². The number of ether oxygens (including phenoxy) is 1. The van der Waals surface area contributed by atoms with Crippen molar-refractivity contribution in [2.24, 2.45) is 0 Å². The van der Waals surface area contributed by atoms with Crippen LogP contribution in [0.4, 0.5) is 4.79 Å². The molecule has 0 atom stereocenters. The molecule has 8 heteroatoms. The number of urea groups is 1. The number of rotatable bonds is 5. The highest BCUT2D eigenvalue weighted by Gasteiger charge is 2.14. The van der Waals surface area contributed by atoms with Crippen molar-refractivity contribution < 1.29 is 9.53 Å². The van der Waals surface area contributed by atoms with Crippen molar-refractivity contribution in [3.63, 3.8) is 0 Å². The first-order valence-corrected chi connectivity index (χ1v) is 9.26. The Balaban J connectivity index is 1.56. The number of benzene rings is 1. The number of fused-ring (bicyclic) bond motifs is 2. The number of nitrogens with zero attached hydrogens (tertiary/aromatic N) is 3. The second-order valence-electron chi connectivity index (χ2n) is 5.87. The molecule has 0 radical (unpaired) electrons. The van der Waals surface area contributed by atoms with Crippen LogP contribution in [0.3, 0.4) is 0 Å². The zero-order chi connectivity index (χ0) is 18.6. The predicted molar refractivity (Wildman–Crippen MR) is 105 cm³/mol. The number of carbonyl (C=O) groups is 1. The molecule has 1 aliphatic heterocycles. The molecule has 0 fully saturated rings. The Morgan fingerprint density at radius 3 is 3.11 bits per heavy atom. The molecular weight excluding hydrogens is 362 g/mol. The summed E-state index contributed by atoms with van der Waals surface area (Å²) < 4.78 is 8.22. The monoisotopic (exact) mass is 379 g/mol. The molecule has 3 heterocycles. The van der Waals surface area contributed by atoms with E-state index in [1.807, 2.05) is 18.2 Å². The lowest BCUT2D eigenvalue weighted by Crippen LogP contribution is -2.31. The maximum Gasteiger partial charge on any atom is 0.325 e. The Bertz CT molecular complexity index is 1020. The van der Waals surface area contributed by atoms with Gasteiger partial charge in [-0.05, 0) is 35.9 Å². The SMILES string of the molecule is C=CCNC(=O)NSc1ccc2ncc(-c3ccc4c(c3)CCO4)nc2n1. The Kier molecular flexibility index (Phi) is 4.88. The Morgan fingerprint density at radius 2 is 2.22 bits per heavy atom. The predicted octanol–water partition coefficient (Wildman–Crippen LogP) is 3.12. The van der Waals surface area contributed by atoms with E-state index in [1.165, 1.54) is 5.56 Å². The van der Waals surface area contributed by atoms with Crippen molar-refractivity contribution in [1.82, 2.24) is 25.0 Å². The fourth-order valence-corrected chi connectivity index (χ4v) is 3.26. The third-order valence-corrected chi connectivity index (χ3v) is 4.75. The van der Waals surface area contributed by atoms with E-state index in [2.05, 4.69) is 37.6 Å². The highest BCUT2D eigenvalue weighted by molar-refractivity contribution is 7.97. The number of amides is 2. The number of pyridine rings is 1. The number of hydrogen-bond donors (Lipinski definition) is 2. The smallest absolute Gasteiger partial charge is 0.325 e. The quantitative estimate of drug-likeness (QED) is 0.523. The fourth-order valence-electron chi connectivity index (χ4n) is 2.72. The van der Waals surface area contributed by atoms with Gasteiger partial charge in [-0.3, -0.25) is 9.71 Å². The summed E-state index contributed by atoms with van der Waals surface area (Å²) in [4.78, 5) is 25.2. The van der Waals surface area contributed by atoms with E-state index in [-0.39, 0.29) is 6.03 Å². The Morgan fingerprint density at radius 1 is 1.30 bits per heavy atom. The van der Waals surface area contributed by atoms with Gasteiger partial charge in [-0.15, -0.1) is 6.58 Å². The molecular formula is C19H17N5O2S. The van der Waals surface area contributed by atoms with E-state index in [9.17, 15) is 4.79 Å². The van der Waals surface area contributed by atoms with Crippen molar-refractivity contribution in [1.29, 1.82) is 0 Å². The molecule has 0 bridgehead atoms. The van der Waals surface area contributed by atoms with Gasteiger partial charge in [0.05, 0.1) is 18.5 Å². The summed E-state index contributed by atoms with van der Waals surface area (Å²) in [6, 6.07) is 9.35. The van der Waals surface area contributed by atoms with Gasteiger partial charge >= 0.3 is 6.03 Å². The number of hydrogen-bond acceptors (Lipinski definition) is 6. The first kappa shape index (κ1) is 17.3. The third kappa shape index (κ3) is 3.85. The molecule has 0 saturated heterocycles. The van der Waals surface area contributed by atoms with Crippen LogP contribution in [0.5, 0.6) is 5.75 Å². The first-order chi connectivity index (χ1) is 13.2.